The van der Waals surface area contributed by atoms with Crippen LogP contribution in [0.4, 0.5) is 17.1 Å². The van der Waals surface area contributed by atoms with Crippen LogP contribution < -0.4 is 14.4 Å². The number of ether oxygens (including phenoxy) is 2. The van der Waals surface area contributed by atoms with Crippen LogP contribution in [-0.4, -0.2) is 0 Å². The smallest absolute Gasteiger partial charge is 0.177 e. The van der Waals surface area contributed by atoms with Crippen molar-refractivity contribution in [3.63, 3.8) is 0 Å². The molecule has 0 amide bonds. The van der Waals surface area contributed by atoms with E-state index in [-0.39, 0.29) is 0 Å². The number of nitrogens with zero attached hydrogens (tertiary/aromatic N) is 1. The van der Waals surface area contributed by atoms with Crippen LogP contribution in [0.2, 0.25) is 0 Å². The fraction of sp³-hybridized carbons (Fsp3) is 0. The average Bonchev–Trinajstić information content (AvgIpc) is 3.43. The molecule has 260 valence electrons. The minimum atomic E-state index is 0.685. The summed E-state index contributed by atoms with van der Waals surface area (Å²) in [5.41, 5.74) is 12.2. The molecular weight excluding hydrogens is 671 g/mol. The third kappa shape index (κ3) is 5.98. The van der Waals surface area contributed by atoms with Gasteiger partial charge in [-0.25, -0.2) is 0 Å². The summed E-state index contributed by atoms with van der Waals surface area (Å²) >= 11 is 0. The Morgan fingerprint density at radius 3 is 1.42 bits per heavy atom. The quantitative estimate of drug-likeness (QED) is 0.165. The van der Waals surface area contributed by atoms with E-state index >= 15 is 0 Å². The highest BCUT2D eigenvalue weighted by molar-refractivity contribution is 5.98. The molecule has 0 atom stereocenters. The highest BCUT2D eigenvalue weighted by Gasteiger charge is 2.24. The van der Waals surface area contributed by atoms with Crippen molar-refractivity contribution >= 4 is 27.8 Å². The Hall–Kier alpha value is -7.36. The number of hydrogen-bond donors (Lipinski definition) is 0. The first kappa shape index (κ1) is 32.3. The molecule has 3 nitrogen and oxygen atoms in total. The molecule has 1 heterocycles. The zero-order chi connectivity index (χ0) is 36.6. The topological polar surface area (TPSA) is 21.7 Å². The Morgan fingerprint density at radius 2 is 0.745 bits per heavy atom. The van der Waals surface area contributed by atoms with E-state index in [0.29, 0.717) is 11.5 Å². The van der Waals surface area contributed by atoms with E-state index in [0.717, 1.165) is 61.6 Å². The maximum absolute atomic E-state index is 6.81. The standard InChI is InChI=1S/C52H35NO2/c1-3-14-36(15-4-1)37-28-30-38(31-29-37)39-32-34-42(35-33-39)53(41-18-5-2-6-19-41)47-24-10-9-22-45(47)43-20-7-8-21-44(43)46-23-13-27-50-52(46)55-49-26-12-17-40-16-11-25-48(54-50)51(40)49/h1-35H. The number of benzene rings is 9. The Balaban J connectivity index is 1.06. The fourth-order valence-electron chi connectivity index (χ4n) is 7.73. The molecule has 9 aromatic rings. The van der Waals surface area contributed by atoms with Gasteiger partial charge in [-0.3, -0.25) is 0 Å². The molecule has 0 bridgehead atoms. The third-order valence-corrected chi connectivity index (χ3v) is 10.4. The molecule has 0 saturated heterocycles. The number of anilines is 3. The number of fused-ring (bicyclic) bond motifs is 1. The Kier molecular flexibility index (Phi) is 8.16. The van der Waals surface area contributed by atoms with Crippen molar-refractivity contribution in [2.45, 2.75) is 0 Å². The van der Waals surface area contributed by atoms with Crippen molar-refractivity contribution in [1.82, 2.24) is 0 Å². The maximum Gasteiger partial charge on any atom is 0.177 e. The second-order valence-electron chi connectivity index (χ2n) is 13.7. The number of hydrogen-bond acceptors (Lipinski definition) is 3. The molecule has 10 rings (SSSR count). The summed E-state index contributed by atoms with van der Waals surface area (Å²) < 4.78 is 13.4. The molecule has 3 heteroatoms. The van der Waals surface area contributed by atoms with Crippen molar-refractivity contribution in [1.29, 1.82) is 0 Å². The highest BCUT2D eigenvalue weighted by Crippen LogP contribution is 2.51. The van der Waals surface area contributed by atoms with Crippen molar-refractivity contribution in [2.24, 2.45) is 0 Å². The number of para-hydroxylation sites is 3. The monoisotopic (exact) mass is 705 g/mol. The Labute approximate surface area is 320 Å². The van der Waals surface area contributed by atoms with Gasteiger partial charge in [-0.1, -0.05) is 164 Å². The first-order valence-corrected chi connectivity index (χ1v) is 18.6. The molecule has 0 N–H and O–H groups in total. The minimum Gasteiger partial charge on any atom is -0.453 e. The molecule has 0 aliphatic carbocycles. The van der Waals surface area contributed by atoms with E-state index in [1.807, 2.05) is 36.4 Å². The van der Waals surface area contributed by atoms with Gasteiger partial charge >= 0.3 is 0 Å². The van der Waals surface area contributed by atoms with Gasteiger partial charge in [0.1, 0.15) is 11.5 Å². The molecule has 0 spiro atoms. The van der Waals surface area contributed by atoms with Gasteiger partial charge in [0.05, 0.1) is 11.1 Å². The van der Waals surface area contributed by atoms with Crippen molar-refractivity contribution in [3.8, 4) is 67.5 Å². The Morgan fingerprint density at radius 1 is 0.291 bits per heavy atom. The van der Waals surface area contributed by atoms with Crippen LogP contribution in [0.5, 0.6) is 23.0 Å². The largest absolute Gasteiger partial charge is 0.453 e. The van der Waals surface area contributed by atoms with Gasteiger partial charge in [-0.15, -0.1) is 0 Å². The summed E-state index contributed by atoms with van der Waals surface area (Å²) in [6, 6.07) is 74.4. The van der Waals surface area contributed by atoms with E-state index in [1.54, 1.807) is 0 Å². The van der Waals surface area contributed by atoms with Crippen LogP contribution in [0.25, 0.3) is 55.3 Å². The SMILES string of the molecule is c1ccc(-c2ccc(-c3ccc(N(c4ccccc4)c4ccccc4-c4ccccc4-c4cccc5c4Oc4cccc6cccc(c46)O5)cc3)cc2)cc1. The molecule has 0 aromatic heterocycles. The lowest BCUT2D eigenvalue weighted by Crippen LogP contribution is -2.11. The van der Waals surface area contributed by atoms with Gasteiger partial charge in [0.15, 0.2) is 11.5 Å². The van der Waals surface area contributed by atoms with Crippen LogP contribution in [0, 0.1) is 0 Å². The van der Waals surface area contributed by atoms with Gasteiger partial charge in [0, 0.05) is 22.5 Å². The zero-order valence-corrected chi connectivity index (χ0v) is 30.0. The predicted octanol–water partition coefficient (Wildman–Crippen LogP) is 14.9. The summed E-state index contributed by atoms with van der Waals surface area (Å²) in [4.78, 5) is 2.34. The molecule has 9 aromatic carbocycles. The van der Waals surface area contributed by atoms with Gasteiger partial charge in [-0.2, -0.15) is 0 Å². The summed E-state index contributed by atoms with van der Waals surface area (Å²) in [7, 11) is 0. The lowest BCUT2D eigenvalue weighted by Gasteiger charge is -2.28. The second-order valence-corrected chi connectivity index (χ2v) is 13.7. The predicted molar refractivity (Wildman–Crippen MR) is 227 cm³/mol. The summed E-state index contributed by atoms with van der Waals surface area (Å²) in [6.07, 6.45) is 0. The van der Waals surface area contributed by atoms with Crippen LogP contribution >= 0.6 is 0 Å². The lowest BCUT2D eigenvalue weighted by molar-refractivity contribution is 0.441. The van der Waals surface area contributed by atoms with Crippen molar-refractivity contribution in [2.75, 3.05) is 4.90 Å². The zero-order valence-electron chi connectivity index (χ0n) is 30.0. The molecule has 55 heavy (non-hydrogen) atoms. The maximum atomic E-state index is 6.81. The van der Waals surface area contributed by atoms with Gasteiger partial charge < -0.3 is 14.4 Å². The van der Waals surface area contributed by atoms with Crippen molar-refractivity contribution in [3.05, 3.63) is 212 Å². The first-order chi connectivity index (χ1) is 27.3. The number of rotatable bonds is 7. The molecule has 0 unspecified atom stereocenters. The summed E-state index contributed by atoms with van der Waals surface area (Å²) in [5.74, 6) is 2.95. The normalized spacial score (nSPS) is 11.6. The molecule has 1 aliphatic heterocycles. The van der Waals surface area contributed by atoms with Gasteiger partial charge in [0.25, 0.3) is 0 Å². The Bertz CT molecular complexity index is 2790. The highest BCUT2D eigenvalue weighted by atomic mass is 16.5. The first-order valence-electron chi connectivity index (χ1n) is 18.6. The second kappa shape index (κ2) is 13.9. The minimum absolute atomic E-state index is 0.685. The van der Waals surface area contributed by atoms with Gasteiger partial charge in [0.2, 0.25) is 0 Å². The van der Waals surface area contributed by atoms with Crippen LogP contribution in [0.15, 0.2) is 212 Å². The molecule has 1 aliphatic rings. The van der Waals surface area contributed by atoms with Crippen LogP contribution in [0.1, 0.15) is 0 Å². The third-order valence-electron chi connectivity index (χ3n) is 10.4. The summed E-state index contributed by atoms with van der Waals surface area (Å²) in [5, 5.41) is 2.05. The lowest BCUT2D eigenvalue weighted by atomic mass is 9.92. The molecule has 0 radical (unpaired) electrons. The summed E-state index contributed by atoms with van der Waals surface area (Å²) in [6.45, 7) is 0. The average molecular weight is 706 g/mol. The van der Waals surface area contributed by atoms with E-state index in [9.17, 15) is 0 Å². The fourth-order valence-corrected chi connectivity index (χ4v) is 7.73. The molecule has 0 fully saturated rings. The molecular formula is C52H35NO2. The van der Waals surface area contributed by atoms with E-state index < -0.39 is 0 Å². The van der Waals surface area contributed by atoms with E-state index in [4.69, 9.17) is 9.47 Å². The van der Waals surface area contributed by atoms with Crippen LogP contribution in [-0.2, 0) is 0 Å². The van der Waals surface area contributed by atoms with Crippen LogP contribution in [0.3, 0.4) is 0 Å². The van der Waals surface area contributed by atoms with E-state index in [1.165, 1.54) is 22.3 Å². The van der Waals surface area contributed by atoms with E-state index in [2.05, 4.69) is 181 Å². The van der Waals surface area contributed by atoms with Crippen molar-refractivity contribution < 1.29 is 9.47 Å². The molecule has 0 saturated carbocycles. The van der Waals surface area contributed by atoms with Gasteiger partial charge in [-0.05, 0) is 87.3 Å².